The average Bonchev–Trinajstić information content (AvgIpc) is 2.83. The molecule has 2 aromatic rings. The van der Waals surface area contributed by atoms with Crippen LogP contribution < -0.4 is 15.5 Å². The zero-order chi connectivity index (χ0) is 21.8. The van der Waals surface area contributed by atoms with Crippen LogP contribution in [0.5, 0.6) is 0 Å². The van der Waals surface area contributed by atoms with E-state index < -0.39 is 6.04 Å². The van der Waals surface area contributed by atoms with Gasteiger partial charge in [-0.2, -0.15) is 0 Å². The number of hydrogen-bond acceptors (Lipinski definition) is 4. The lowest BCUT2D eigenvalue weighted by molar-refractivity contribution is -0.123. The summed E-state index contributed by atoms with van der Waals surface area (Å²) in [6.45, 7) is 5.61. The normalized spacial score (nSPS) is 17.0. The molecule has 30 heavy (non-hydrogen) atoms. The molecule has 0 spiro atoms. The van der Waals surface area contributed by atoms with Gasteiger partial charge in [-0.15, -0.1) is 0 Å². The fraction of sp³-hybridized carbons (Fsp3) is 0.348. The Hall–Kier alpha value is -3.19. The number of carbonyl (C=O) groups is 3. The lowest BCUT2D eigenvalue weighted by atomic mass is 10.1. The second-order valence-corrected chi connectivity index (χ2v) is 7.78. The number of aryl methyl sites for hydroxylation is 1. The third-order valence-corrected chi connectivity index (χ3v) is 5.46. The summed E-state index contributed by atoms with van der Waals surface area (Å²) in [6, 6.07) is 14.0. The van der Waals surface area contributed by atoms with Crippen molar-refractivity contribution in [1.82, 2.24) is 4.90 Å². The van der Waals surface area contributed by atoms with Crippen molar-refractivity contribution >= 4 is 34.8 Å². The molecule has 0 saturated carbocycles. The van der Waals surface area contributed by atoms with E-state index in [1.54, 1.807) is 29.8 Å². The first-order valence-electron chi connectivity index (χ1n) is 10.1. The Morgan fingerprint density at radius 2 is 1.87 bits per heavy atom. The number of para-hydroxylation sites is 3. The number of amides is 3. The quantitative estimate of drug-likeness (QED) is 0.797. The zero-order valence-electron chi connectivity index (χ0n) is 17.8. The first-order chi connectivity index (χ1) is 14.3. The molecule has 0 aliphatic carbocycles. The molecular weight excluding hydrogens is 380 g/mol. The van der Waals surface area contributed by atoms with Gasteiger partial charge in [-0.3, -0.25) is 19.3 Å². The van der Waals surface area contributed by atoms with E-state index in [4.69, 9.17) is 0 Å². The summed E-state index contributed by atoms with van der Waals surface area (Å²) in [6.07, 6.45) is 0.216. The molecule has 0 saturated heterocycles. The topological polar surface area (TPSA) is 81.8 Å². The standard InChI is InChI=1S/C23H28N4O3/c1-15-9-5-6-10-18(15)25-23(30)17(3)26(4)14-22(29)27-16(2)13-21(28)24-19-11-7-8-12-20(19)27/h5-12,16-17H,13-14H2,1-4H3,(H,24,28)(H,25,30)/t16-,17-/m1/s1. The molecule has 1 aliphatic heterocycles. The lowest BCUT2D eigenvalue weighted by Gasteiger charge is -2.31. The van der Waals surface area contributed by atoms with Gasteiger partial charge in [0.05, 0.1) is 24.0 Å². The van der Waals surface area contributed by atoms with E-state index in [9.17, 15) is 14.4 Å². The number of likely N-dealkylation sites (N-methyl/N-ethyl adjacent to an activating group) is 1. The summed E-state index contributed by atoms with van der Waals surface area (Å²) in [5.74, 6) is -0.463. The van der Waals surface area contributed by atoms with E-state index in [0.29, 0.717) is 11.4 Å². The van der Waals surface area contributed by atoms with E-state index in [2.05, 4.69) is 10.6 Å². The Morgan fingerprint density at radius 3 is 2.60 bits per heavy atom. The molecule has 0 aromatic heterocycles. The lowest BCUT2D eigenvalue weighted by Crippen LogP contribution is -2.48. The second kappa shape index (κ2) is 9.09. The number of anilines is 3. The van der Waals surface area contributed by atoms with Crippen LogP contribution in [0.25, 0.3) is 0 Å². The molecule has 1 aliphatic rings. The van der Waals surface area contributed by atoms with E-state index in [-0.39, 0.29) is 36.7 Å². The Kier molecular flexibility index (Phi) is 6.52. The van der Waals surface area contributed by atoms with Gasteiger partial charge < -0.3 is 15.5 Å². The van der Waals surface area contributed by atoms with Crippen molar-refractivity contribution in [2.24, 2.45) is 0 Å². The number of hydrogen-bond donors (Lipinski definition) is 2. The van der Waals surface area contributed by atoms with Gasteiger partial charge in [-0.05, 0) is 51.6 Å². The van der Waals surface area contributed by atoms with E-state index >= 15 is 0 Å². The minimum Gasteiger partial charge on any atom is -0.324 e. The van der Waals surface area contributed by atoms with Crippen molar-refractivity contribution in [2.45, 2.75) is 39.3 Å². The molecule has 0 unspecified atom stereocenters. The van der Waals surface area contributed by atoms with Gasteiger partial charge in [0.25, 0.3) is 0 Å². The van der Waals surface area contributed by atoms with Gasteiger partial charge >= 0.3 is 0 Å². The molecule has 2 N–H and O–H groups in total. The van der Waals surface area contributed by atoms with E-state index in [0.717, 1.165) is 11.3 Å². The van der Waals surface area contributed by atoms with Crippen molar-refractivity contribution in [1.29, 1.82) is 0 Å². The summed E-state index contributed by atoms with van der Waals surface area (Å²) in [5.41, 5.74) is 3.03. The van der Waals surface area contributed by atoms with Crippen LogP contribution in [0.2, 0.25) is 0 Å². The molecule has 3 amide bonds. The van der Waals surface area contributed by atoms with E-state index in [1.807, 2.05) is 56.3 Å². The molecule has 158 valence electrons. The summed E-state index contributed by atoms with van der Waals surface area (Å²) < 4.78 is 0. The van der Waals surface area contributed by atoms with Crippen LogP contribution in [0.4, 0.5) is 17.1 Å². The van der Waals surface area contributed by atoms with Crippen LogP contribution >= 0.6 is 0 Å². The maximum absolute atomic E-state index is 13.2. The van der Waals surface area contributed by atoms with Crippen LogP contribution in [0.15, 0.2) is 48.5 Å². The zero-order valence-corrected chi connectivity index (χ0v) is 17.8. The van der Waals surface area contributed by atoms with Gasteiger partial charge in [0.1, 0.15) is 0 Å². The summed E-state index contributed by atoms with van der Waals surface area (Å²) in [7, 11) is 1.75. The van der Waals surface area contributed by atoms with Crippen LogP contribution in [0.3, 0.4) is 0 Å². The first kappa shape index (κ1) is 21.5. The van der Waals surface area contributed by atoms with E-state index in [1.165, 1.54) is 0 Å². The predicted octanol–water partition coefficient (Wildman–Crippen LogP) is 3.02. The number of carbonyl (C=O) groups excluding carboxylic acids is 3. The first-order valence-corrected chi connectivity index (χ1v) is 10.1. The van der Waals surface area contributed by atoms with Crippen molar-refractivity contribution in [3.8, 4) is 0 Å². The second-order valence-electron chi connectivity index (χ2n) is 7.78. The third kappa shape index (κ3) is 4.68. The highest BCUT2D eigenvalue weighted by Crippen LogP contribution is 2.31. The SMILES string of the molecule is Cc1ccccc1NC(=O)[C@@H](C)N(C)CC(=O)N1c2ccccc2NC(=O)C[C@H]1C. The molecule has 0 bridgehead atoms. The van der Waals surface area contributed by atoms with Crippen molar-refractivity contribution in [2.75, 3.05) is 29.1 Å². The van der Waals surface area contributed by atoms with Crippen LogP contribution in [0.1, 0.15) is 25.8 Å². The Labute approximate surface area is 177 Å². The molecule has 7 nitrogen and oxygen atoms in total. The molecule has 0 fully saturated rings. The van der Waals surface area contributed by atoms with Gasteiger partial charge in [-0.25, -0.2) is 0 Å². The highest BCUT2D eigenvalue weighted by atomic mass is 16.2. The van der Waals surface area contributed by atoms with Crippen LogP contribution in [-0.4, -0.2) is 48.3 Å². The fourth-order valence-electron chi connectivity index (χ4n) is 3.54. The number of benzene rings is 2. The van der Waals surface area contributed by atoms with Crippen molar-refractivity contribution in [3.63, 3.8) is 0 Å². The minimum absolute atomic E-state index is 0.0508. The van der Waals surface area contributed by atoms with Crippen molar-refractivity contribution in [3.05, 3.63) is 54.1 Å². The maximum Gasteiger partial charge on any atom is 0.241 e. The maximum atomic E-state index is 13.2. The number of nitrogens with zero attached hydrogens (tertiary/aromatic N) is 2. The largest absolute Gasteiger partial charge is 0.324 e. The summed E-state index contributed by atoms with van der Waals surface area (Å²) in [5, 5.41) is 5.78. The Morgan fingerprint density at radius 1 is 1.20 bits per heavy atom. The molecule has 1 heterocycles. The van der Waals surface area contributed by atoms with Crippen LogP contribution in [-0.2, 0) is 14.4 Å². The minimum atomic E-state index is -0.508. The predicted molar refractivity (Wildman–Crippen MR) is 119 cm³/mol. The number of fused-ring (bicyclic) bond motifs is 1. The van der Waals surface area contributed by atoms with Crippen molar-refractivity contribution < 1.29 is 14.4 Å². The molecule has 7 heteroatoms. The number of rotatable bonds is 5. The smallest absolute Gasteiger partial charge is 0.241 e. The summed E-state index contributed by atoms with van der Waals surface area (Å²) >= 11 is 0. The van der Waals surface area contributed by atoms with Crippen LogP contribution in [0, 0.1) is 6.92 Å². The van der Waals surface area contributed by atoms with Gasteiger partial charge in [0.15, 0.2) is 0 Å². The summed E-state index contributed by atoms with van der Waals surface area (Å²) in [4.78, 5) is 41.4. The monoisotopic (exact) mass is 408 g/mol. The molecule has 0 radical (unpaired) electrons. The van der Waals surface area contributed by atoms with Gasteiger partial charge in [0.2, 0.25) is 17.7 Å². The Bertz CT molecular complexity index is 959. The van der Waals surface area contributed by atoms with Gasteiger partial charge in [-0.1, -0.05) is 30.3 Å². The third-order valence-electron chi connectivity index (χ3n) is 5.46. The fourth-order valence-corrected chi connectivity index (χ4v) is 3.54. The molecule has 3 rings (SSSR count). The molecule has 2 atom stereocenters. The number of nitrogens with one attached hydrogen (secondary N) is 2. The average molecular weight is 409 g/mol. The van der Waals surface area contributed by atoms with Gasteiger partial charge in [0, 0.05) is 18.2 Å². The molecular formula is C23H28N4O3. The Balaban J connectivity index is 1.72. The molecule has 2 aromatic carbocycles. The highest BCUT2D eigenvalue weighted by molar-refractivity contribution is 6.05. The highest BCUT2D eigenvalue weighted by Gasteiger charge is 2.31.